The van der Waals surface area contributed by atoms with E-state index in [1.165, 1.54) is 76.2 Å². The minimum atomic E-state index is 0.0141. The molecule has 0 bridgehead atoms. The Morgan fingerprint density at radius 1 is 0.966 bits per heavy atom. The Labute approximate surface area is 174 Å². The van der Waals surface area contributed by atoms with Crippen LogP contribution in [-0.2, 0) is 6.54 Å². The largest absolute Gasteiger partial charge is 0.326 e. The molecule has 4 heteroatoms. The van der Waals surface area contributed by atoms with Crippen molar-refractivity contribution in [2.75, 3.05) is 0 Å². The number of aromatic nitrogens is 2. The first-order valence-corrected chi connectivity index (χ1v) is 12.2. The van der Waals surface area contributed by atoms with Gasteiger partial charge in [-0.15, -0.1) is 0 Å². The van der Waals surface area contributed by atoms with Gasteiger partial charge in [0.15, 0.2) is 0 Å². The molecule has 3 aliphatic rings. The van der Waals surface area contributed by atoms with E-state index in [0.29, 0.717) is 12.0 Å². The van der Waals surface area contributed by atoms with E-state index in [2.05, 4.69) is 28.5 Å². The highest BCUT2D eigenvalue weighted by molar-refractivity contribution is 5.76. The van der Waals surface area contributed by atoms with Crippen molar-refractivity contribution < 1.29 is 0 Å². The second kappa shape index (κ2) is 8.29. The van der Waals surface area contributed by atoms with E-state index >= 15 is 0 Å². The third-order valence-electron chi connectivity index (χ3n) is 8.32. The second-order valence-electron chi connectivity index (χ2n) is 9.98. The molecule has 0 radical (unpaired) electrons. The lowest BCUT2D eigenvalue weighted by molar-refractivity contribution is 0.134. The number of nitrogens with zero attached hydrogens (tertiary/aromatic N) is 1. The monoisotopic (exact) mass is 395 g/mol. The van der Waals surface area contributed by atoms with Crippen molar-refractivity contribution in [1.29, 1.82) is 0 Å². The fourth-order valence-electron chi connectivity index (χ4n) is 6.70. The van der Waals surface area contributed by atoms with Crippen molar-refractivity contribution in [2.45, 2.75) is 102 Å². The van der Waals surface area contributed by atoms with Crippen LogP contribution in [0.3, 0.4) is 0 Å². The zero-order valence-electron chi connectivity index (χ0n) is 18.0. The highest BCUT2D eigenvalue weighted by Crippen LogP contribution is 2.41. The normalized spacial score (nSPS) is 32.9. The van der Waals surface area contributed by atoms with Crippen LogP contribution >= 0.6 is 0 Å². The van der Waals surface area contributed by atoms with Crippen LogP contribution in [-0.4, -0.2) is 21.6 Å². The summed E-state index contributed by atoms with van der Waals surface area (Å²) in [5.74, 6) is 2.69. The minimum absolute atomic E-state index is 0.0141. The van der Waals surface area contributed by atoms with Crippen molar-refractivity contribution >= 4 is 11.0 Å². The third kappa shape index (κ3) is 3.93. The van der Waals surface area contributed by atoms with Gasteiger partial charge in [-0.1, -0.05) is 31.7 Å². The minimum Gasteiger partial charge on any atom is -0.311 e. The smallest absolute Gasteiger partial charge is 0.311 e. The first kappa shape index (κ1) is 19.4. The molecule has 3 atom stereocenters. The molecule has 0 aliphatic heterocycles. The first-order valence-electron chi connectivity index (χ1n) is 12.2. The topological polar surface area (TPSA) is 49.8 Å². The van der Waals surface area contributed by atoms with Crippen molar-refractivity contribution in [3.05, 3.63) is 34.2 Å². The predicted octanol–water partition coefficient (Wildman–Crippen LogP) is 5.32. The summed E-state index contributed by atoms with van der Waals surface area (Å²) >= 11 is 0. The van der Waals surface area contributed by atoms with Gasteiger partial charge in [0.1, 0.15) is 0 Å². The second-order valence-corrected chi connectivity index (χ2v) is 9.98. The molecule has 0 amide bonds. The molecule has 1 heterocycles. The van der Waals surface area contributed by atoms with Gasteiger partial charge in [-0.3, -0.25) is 4.57 Å². The molecule has 2 aromatic rings. The number of aromatic amines is 1. The molecule has 3 unspecified atom stereocenters. The molecular weight excluding hydrogens is 358 g/mol. The Kier molecular flexibility index (Phi) is 5.55. The number of fused-ring (bicyclic) bond motifs is 2. The lowest BCUT2D eigenvalue weighted by Crippen LogP contribution is -2.44. The maximum atomic E-state index is 12.1. The average molecular weight is 396 g/mol. The van der Waals surface area contributed by atoms with E-state index in [1.807, 2.05) is 11.5 Å². The van der Waals surface area contributed by atoms with Crippen LogP contribution in [0.2, 0.25) is 0 Å². The molecule has 1 aromatic heterocycles. The van der Waals surface area contributed by atoms with Crippen LogP contribution in [0.1, 0.15) is 89.0 Å². The Balaban J connectivity index is 1.17. The highest BCUT2D eigenvalue weighted by Gasteiger charge is 2.33. The van der Waals surface area contributed by atoms with Gasteiger partial charge < -0.3 is 10.3 Å². The Bertz CT molecular complexity index is 889. The number of nitrogens with one attached hydrogen (secondary N) is 2. The maximum Gasteiger partial charge on any atom is 0.326 e. The highest BCUT2D eigenvalue weighted by atomic mass is 16.1. The first-order chi connectivity index (χ1) is 14.2. The van der Waals surface area contributed by atoms with E-state index < -0.39 is 0 Å². The molecule has 0 saturated heterocycles. The van der Waals surface area contributed by atoms with E-state index in [4.69, 9.17) is 0 Å². The molecule has 3 saturated carbocycles. The number of hydrogen-bond donors (Lipinski definition) is 2. The van der Waals surface area contributed by atoms with Gasteiger partial charge >= 0.3 is 5.69 Å². The summed E-state index contributed by atoms with van der Waals surface area (Å²) in [6.07, 6.45) is 15.3. The molecule has 0 spiro atoms. The van der Waals surface area contributed by atoms with Gasteiger partial charge in [0.25, 0.3) is 0 Å². The molecule has 1 aromatic carbocycles. The predicted molar refractivity (Wildman–Crippen MR) is 119 cm³/mol. The molecule has 158 valence electrons. The zero-order valence-corrected chi connectivity index (χ0v) is 18.0. The van der Waals surface area contributed by atoms with Gasteiger partial charge in [-0.25, -0.2) is 4.79 Å². The molecule has 4 nitrogen and oxygen atoms in total. The summed E-state index contributed by atoms with van der Waals surface area (Å²) < 4.78 is 1.82. The van der Waals surface area contributed by atoms with Crippen molar-refractivity contribution in [1.82, 2.24) is 14.9 Å². The van der Waals surface area contributed by atoms with Crippen LogP contribution < -0.4 is 11.0 Å². The summed E-state index contributed by atoms with van der Waals surface area (Å²) in [6, 6.07) is 8.10. The molecule has 3 fully saturated rings. The fourth-order valence-corrected chi connectivity index (χ4v) is 6.70. The number of aryl methyl sites for hydroxylation is 1. The number of benzene rings is 1. The van der Waals surface area contributed by atoms with E-state index in [9.17, 15) is 4.79 Å². The van der Waals surface area contributed by atoms with E-state index in [0.717, 1.165) is 35.5 Å². The Morgan fingerprint density at radius 3 is 2.52 bits per heavy atom. The molecular formula is C25H37N3O. The van der Waals surface area contributed by atoms with Gasteiger partial charge in [0, 0.05) is 18.6 Å². The number of rotatable bonds is 4. The van der Waals surface area contributed by atoms with E-state index in [-0.39, 0.29) is 5.69 Å². The van der Waals surface area contributed by atoms with Crippen LogP contribution in [0, 0.1) is 11.8 Å². The molecule has 2 N–H and O–H groups in total. The van der Waals surface area contributed by atoms with Crippen molar-refractivity contribution in [3.63, 3.8) is 0 Å². The maximum absolute atomic E-state index is 12.1. The molecule has 3 aliphatic carbocycles. The number of hydrogen-bond acceptors (Lipinski definition) is 2. The van der Waals surface area contributed by atoms with E-state index in [1.54, 1.807) is 0 Å². The lowest BCUT2D eigenvalue weighted by atomic mass is 9.69. The van der Waals surface area contributed by atoms with Gasteiger partial charge in [0.2, 0.25) is 0 Å². The fraction of sp³-hybridized carbons (Fsp3) is 0.720. The van der Waals surface area contributed by atoms with Crippen LogP contribution in [0.25, 0.3) is 11.0 Å². The van der Waals surface area contributed by atoms with Gasteiger partial charge in [-0.05, 0) is 87.3 Å². The Morgan fingerprint density at radius 2 is 1.72 bits per heavy atom. The third-order valence-corrected chi connectivity index (χ3v) is 8.32. The number of imidazole rings is 1. The average Bonchev–Trinajstić information content (AvgIpc) is 3.08. The number of H-pyrrole nitrogens is 1. The van der Waals surface area contributed by atoms with Crippen molar-refractivity contribution in [2.24, 2.45) is 11.8 Å². The van der Waals surface area contributed by atoms with Crippen LogP contribution in [0.15, 0.2) is 23.0 Å². The quantitative estimate of drug-likeness (QED) is 0.736. The SMILES string of the molecule is CCn1c(=O)[nH]c2cc(C3CCC(NC4CCC5CCCCC5C4)CC3)ccc21. The summed E-state index contributed by atoms with van der Waals surface area (Å²) in [7, 11) is 0. The zero-order chi connectivity index (χ0) is 19.8. The standard InChI is InChI=1S/C25H37N3O/c1-2-28-24-14-10-20(16-23(24)27-25(28)29)18-7-11-21(12-8-18)26-22-13-9-17-5-3-4-6-19(17)15-22/h10,14,16-19,21-22,26H,2-9,11-13,15H2,1H3,(H,27,29). The van der Waals surface area contributed by atoms with Crippen LogP contribution in [0.5, 0.6) is 0 Å². The summed E-state index contributed by atoms with van der Waals surface area (Å²) in [4.78, 5) is 15.1. The van der Waals surface area contributed by atoms with Gasteiger partial charge in [-0.2, -0.15) is 0 Å². The summed E-state index contributed by atoms with van der Waals surface area (Å²) in [5, 5.41) is 4.06. The lowest BCUT2D eigenvalue weighted by Gasteiger charge is -2.41. The van der Waals surface area contributed by atoms with Crippen molar-refractivity contribution in [3.8, 4) is 0 Å². The summed E-state index contributed by atoms with van der Waals surface area (Å²) in [6.45, 7) is 2.75. The summed E-state index contributed by atoms with van der Waals surface area (Å²) in [5.41, 5.74) is 3.46. The Hall–Kier alpha value is -1.55. The van der Waals surface area contributed by atoms with Gasteiger partial charge in [0.05, 0.1) is 11.0 Å². The molecule has 5 rings (SSSR count). The molecule has 29 heavy (non-hydrogen) atoms. The van der Waals surface area contributed by atoms with Crippen LogP contribution in [0.4, 0.5) is 0 Å².